The lowest BCUT2D eigenvalue weighted by Gasteiger charge is -2.51. The van der Waals surface area contributed by atoms with E-state index in [0.29, 0.717) is 64.2 Å². The standard InChI is InChI=1S/C48H55N7O5S/c56-48(52-61-39-14-16-43(45(26-39)55(57)58)50-27-31-18-22-59-23-19-31)42-15-11-34(25-46(42)60-38-24-35-17-20-49-47(35)51-28-38)32-9-12-36(13-10-32)53-29-37(30-53)54-21-3-6-44(54)41-5-2-1-4-40(41)33-7-8-33/h1-2,4-5,11,14-17,20,24-26,28,31-33,36-37,44,50H,3,6-10,12-13,18-19,21-23,27,29-30H2,(H,49,51)(H,52,56)/t32-,36-,44?. The second-order valence-electron chi connectivity index (χ2n) is 17.8. The molecular weight excluding hydrogens is 787 g/mol. The lowest BCUT2D eigenvalue weighted by atomic mass is 9.80. The molecule has 5 aromatic rings. The number of hydrogen-bond donors (Lipinski definition) is 3. The highest BCUT2D eigenvalue weighted by Crippen LogP contribution is 2.47. The summed E-state index contributed by atoms with van der Waals surface area (Å²) >= 11 is 1.05. The number of nitrogens with one attached hydrogen (secondary N) is 3. The maximum atomic E-state index is 13.9. The van der Waals surface area contributed by atoms with Crippen molar-refractivity contribution in [3.8, 4) is 11.5 Å². The predicted molar refractivity (Wildman–Crippen MR) is 239 cm³/mol. The molecule has 1 amide bonds. The third-order valence-corrected chi connectivity index (χ3v) is 14.7. The van der Waals surface area contributed by atoms with Gasteiger partial charge in [0.15, 0.2) is 0 Å². The Hall–Kier alpha value is -4.95. The van der Waals surface area contributed by atoms with Crippen molar-refractivity contribution >= 4 is 40.3 Å². The van der Waals surface area contributed by atoms with E-state index in [1.807, 2.05) is 30.5 Å². The van der Waals surface area contributed by atoms with Gasteiger partial charge in [-0.1, -0.05) is 30.3 Å². The molecule has 13 heteroatoms. The van der Waals surface area contributed by atoms with Crippen LogP contribution in [0.1, 0.15) is 109 Å². The van der Waals surface area contributed by atoms with Crippen LogP contribution in [0.3, 0.4) is 0 Å². The summed E-state index contributed by atoms with van der Waals surface area (Å²) in [4.78, 5) is 39.3. The van der Waals surface area contributed by atoms with Gasteiger partial charge in [0.25, 0.3) is 11.6 Å². The first-order chi connectivity index (χ1) is 29.9. The minimum Gasteiger partial charge on any atom is -0.455 e. The fourth-order valence-corrected chi connectivity index (χ4v) is 10.9. The molecule has 0 spiro atoms. The number of fused-ring (bicyclic) bond motifs is 1. The van der Waals surface area contributed by atoms with Crippen LogP contribution in [0.25, 0.3) is 11.0 Å². The fraction of sp³-hybridized carbons (Fsp3) is 0.458. The predicted octanol–water partition coefficient (Wildman–Crippen LogP) is 9.96. The van der Waals surface area contributed by atoms with Crippen molar-refractivity contribution < 1.29 is 19.2 Å². The number of pyridine rings is 1. The van der Waals surface area contributed by atoms with Gasteiger partial charge in [-0.3, -0.25) is 29.4 Å². The van der Waals surface area contributed by atoms with Gasteiger partial charge in [-0.05, 0) is 154 Å². The number of carbonyl (C=O) groups excluding carboxylic acids is 1. The highest BCUT2D eigenvalue weighted by Gasteiger charge is 2.42. The summed E-state index contributed by atoms with van der Waals surface area (Å²) in [6, 6.07) is 25.9. The van der Waals surface area contributed by atoms with E-state index in [4.69, 9.17) is 9.47 Å². The Morgan fingerprint density at radius 3 is 2.51 bits per heavy atom. The summed E-state index contributed by atoms with van der Waals surface area (Å²) in [5, 5.41) is 16.3. The maximum absolute atomic E-state index is 13.9. The molecule has 3 aromatic carbocycles. The summed E-state index contributed by atoms with van der Waals surface area (Å²) < 4.78 is 14.9. The van der Waals surface area contributed by atoms with Crippen LogP contribution in [0, 0.1) is 16.0 Å². The lowest BCUT2D eigenvalue weighted by molar-refractivity contribution is -0.384. The molecule has 318 valence electrons. The first-order valence-electron chi connectivity index (χ1n) is 22.3. The highest BCUT2D eigenvalue weighted by molar-refractivity contribution is 7.98. The molecule has 12 nitrogen and oxygen atoms in total. The maximum Gasteiger partial charge on any atom is 0.293 e. The van der Waals surface area contributed by atoms with Crippen LogP contribution in [-0.4, -0.2) is 82.1 Å². The first-order valence-corrected chi connectivity index (χ1v) is 23.2. The average Bonchev–Trinajstić information content (AvgIpc) is 3.83. The summed E-state index contributed by atoms with van der Waals surface area (Å²) in [6.45, 7) is 5.63. The van der Waals surface area contributed by atoms with E-state index in [9.17, 15) is 14.9 Å². The minimum absolute atomic E-state index is 0.0264. The van der Waals surface area contributed by atoms with Gasteiger partial charge < -0.3 is 19.8 Å². The molecule has 2 saturated carbocycles. The number of carbonyl (C=O) groups is 1. The number of nitrogens with zero attached hydrogens (tertiary/aromatic N) is 4. The molecule has 61 heavy (non-hydrogen) atoms. The minimum atomic E-state index is -0.383. The van der Waals surface area contributed by atoms with Crippen LogP contribution >= 0.6 is 11.9 Å². The van der Waals surface area contributed by atoms with E-state index in [0.717, 1.165) is 80.6 Å². The van der Waals surface area contributed by atoms with Crippen molar-refractivity contribution in [3.63, 3.8) is 0 Å². The molecule has 5 heterocycles. The van der Waals surface area contributed by atoms with Gasteiger partial charge in [0.05, 0.1) is 16.7 Å². The Bertz CT molecular complexity index is 2370. The molecule has 0 bridgehead atoms. The number of H-pyrrole nitrogens is 1. The van der Waals surface area contributed by atoms with Crippen LogP contribution in [-0.2, 0) is 4.74 Å². The Labute approximate surface area is 361 Å². The number of hydrogen-bond acceptors (Lipinski definition) is 10. The molecule has 1 atom stereocenters. The zero-order valence-electron chi connectivity index (χ0n) is 34.6. The van der Waals surface area contributed by atoms with E-state index in [-0.39, 0.29) is 16.5 Å². The number of aromatic nitrogens is 2. The number of likely N-dealkylation sites (tertiary alicyclic amines) is 2. The molecule has 1 unspecified atom stereocenters. The third kappa shape index (κ3) is 8.88. The number of amides is 1. The Balaban J connectivity index is 0.791. The molecular formula is C48H55N7O5S. The van der Waals surface area contributed by atoms with Crippen molar-refractivity contribution in [2.75, 3.05) is 44.7 Å². The second-order valence-corrected chi connectivity index (χ2v) is 18.6. The van der Waals surface area contributed by atoms with Gasteiger partial charge >= 0.3 is 0 Å². The molecule has 2 aliphatic carbocycles. The molecule has 2 aromatic heterocycles. The topological polar surface area (TPSA) is 138 Å². The fourth-order valence-electron chi connectivity index (χ4n) is 10.3. The van der Waals surface area contributed by atoms with E-state index < -0.39 is 0 Å². The molecule has 0 radical (unpaired) electrons. The third-order valence-electron chi connectivity index (χ3n) is 13.9. The van der Waals surface area contributed by atoms with Crippen LogP contribution in [0.15, 0.2) is 90.1 Å². The molecule has 5 aliphatic rings. The van der Waals surface area contributed by atoms with Gasteiger partial charge in [-0.15, -0.1) is 0 Å². The Kier molecular flexibility index (Phi) is 11.7. The van der Waals surface area contributed by atoms with Crippen molar-refractivity contribution in [2.24, 2.45) is 5.92 Å². The summed E-state index contributed by atoms with van der Waals surface area (Å²) in [5.41, 5.74) is 5.96. The smallest absolute Gasteiger partial charge is 0.293 e. The van der Waals surface area contributed by atoms with Crippen molar-refractivity contribution in [2.45, 2.75) is 99.1 Å². The number of rotatable bonds is 14. The molecule has 3 saturated heterocycles. The summed E-state index contributed by atoms with van der Waals surface area (Å²) in [6.07, 6.45) is 15.1. The molecule has 3 aliphatic heterocycles. The van der Waals surface area contributed by atoms with Crippen molar-refractivity contribution in [1.29, 1.82) is 0 Å². The normalized spacial score (nSPS) is 22.9. The molecule has 5 fully saturated rings. The van der Waals surface area contributed by atoms with Gasteiger partial charge in [0.2, 0.25) is 0 Å². The number of nitro groups is 1. The zero-order chi connectivity index (χ0) is 41.3. The average molecular weight is 842 g/mol. The second kappa shape index (κ2) is 17.8. The van der Waals surface area contributed by atoms with Crippen LogP contribution in [0.5, 0.6) is 11.5 Å². The number of benzene rings is 3. The molecule has 3 N–H and O–H groups in total. The van der Waals surface area contributed by atoms with Crippen LogP contribution in [0.4, 0.5) is 11.4 Å². The van der Waals surface area contributed by atoms with Gasteiger partial charge in [0.1, 0.15) is 22.8 Å². The van der Waals surface area contributed by atoms with Gasteiger partial charge in [0, 0.05) is 73.5 Å². The van der Waals surface area contributed by atoms with Gasteiger partial charge in [-0.25, -0.2) is 4.98 Å². The SMILES string of the molecule is O=C(NSc1ccc(NCC2CCOCC2)c([N+](=O)[O-])c1)c1ccc([C@H]2CC[C@H](N3CC(N4CCCC4c4ccccc4C4CC4)C3)CC2)cc1Oc1cnc2[nH]ccc2c1. The number of anilines is 1. The summed E-state index contributed by atoms with van der Waals surface area (Å²) in [5.74, 6) is 2.21. The Morgan fingerprint density at radius 2 is 1.70 bits per heavy atom. The van der Waals surface area contributed by atoms with Gasteiger partial charge in [-0.2, -0.15) is 0 Å². The van der Waals surface area contributed by atoms with Crippen molar-refractivity contribution in [1.82, 2.24) is 24.5 Å². The zero-order valence-corrected chi connectivity index (χ0v) is 35.4. The molecule has 10 rings (SSSR count). The Morgan fingerprint density at radius 1 is 0.902 bits per heavy atom. The van der Waals surface area contributed by atoms with E-state index in [1.165, 1.54) is 56.9 Å². The first kappa shape index (κ1) is 40.1. The van der Waals surface area contributed by atoms with E-state index >= 15 is 0 Å². The van der Waals surface area contributed by atoms with Crippen LogP contribution in [0.2, 0.25) is 0 Å². The van der Waals surface area contributed by atoms with Crippen molar-refractivity contribution in [3.05, 3.63) is 118 Å². The number of aromatic amines is 1. The monoisotopic (exact) mass is 841 g/mol. The lowest BCUT2D eigenvalue weighted by Crippen LogP contribution is -2.62. The van der Waals surface area contributed by atoms with E-state index in [2.05, 4.69) is 60.1 Å². The highest BCUT2D eigenvalue weighted by atomic mass is 32.2. The number of nitro benzene ring substituents is 1. The van der Waals surface area contributed by atoms with Crippen LogP contribution < -0.4 is 14.8 Å². The van der Waals surface area contributed by atoms with E-state index in [1.54, 1.807) is 29.5 Å². The quantitative estimate of drug-likeness (QED) is 0.0563. The summed E-state index contributed by atoms with van der Waals surface area (Å²) in [7, 11) is 0. The largest absolute Gasteiger partial charge is 0.455 e. The number of ether oxygens (including phenoxy) is 2.